The maximum Gasteiger partial charge on any atom is 0.405 e. The average molecular weight is 560 g/mol. The van der Waals surface area contributed by atoms with Crippen LogP contribution in [0.25, 0.3) is 0 Å². The van der Waals surface area contributed by atoms with Gasteiger partial charge in [0.2, 0.25) is 5.91 Å². The Morgan fingerprint density at radius 2 is 2.00 bits per heavy atom. The number of halogens is 4. The lowest BCUT2D eigenvalue weighted by Crippen LogP contribution is -2.46. The fourth-order valence-electron chi connectivity index (χ4n) is 4.68. The lowest BCUT2D eigenvalue weighted by Gasteiger charge is -2.40. The Kier molecular flexibility index (Phi) is 8.68. The molecule has 1 aromatic carbocycles. The van der Waals surface area contributed by atoms with Gasteiger partial charge >= 0.3 is 6.18 Å². The largest absolute Gasteiger partial charge is 0.405 e. The van der Waals surface area contributed by atoms with E-state index in [2.05, 4.69) is 21.4 Å². The van der Waals surface area contributed by atoms with E-state index in [9.17, 15) is 32.4 Å². The van der Waals surface area contributed by atoms with E-state index >= 15 is 0 Å². The number of nitrogens with zero attached hydrogens (tertiary/aromatic N) is 4. The number of rotatable bonds is 11. The fraction of sp³-hybridized carbons (Fsp3) is 0.444. The third kappa shape index (κ3) is 7.12. The number of alkyl halides is 3. The van der Waals surface area contributed by atoms with Gasteiger partial charge in [-0.2, -0.15) is 23.5 Å². The summed E-state index contributed by atoms with van der Waals surface area (Å²) in [6.45, 7) is 0.293. The molecular formula is C27H29F4N7O2. The Labute approximate surface area is 228 Å². The third-order valence-electron chi connectivity index (χ3n) is 7.14. The summed E-state index contributed by atoms with van der Waals surface area (Å²) in [6.07, 6.45) is 2.70. The van der Waals surface area contributed by atoms with E-state index in [1.165, 1.54) is 12.1 Å². The predicted octanol–water partition coefficient (Wildman–Crippen LogP) is 4.12. The van der Waals surface area contributed by atoms with Gasteiger partial charge in [-0.25, -0.2) is 4.39 Å². The molecule has 13 heteroatoms. The molecule has 1 saturated carbocycles. The minimum Gasteiger partial charge on any atom is -0.382 e. The number of allylic oxidation sites excluding steroid dienone is 1. The van der Waals surface area contributed by atoms with Crippen molar-refractivity contribution >= 4 is 23.7 Å². The van der Waals surface area contributed by atoms with Gasteiger partial charge in [0.05, 0.1) is 29.3 Å². The van der Waals surface area contributed by atoms with Crippen LogP contribution in [0.4, 0.5) is 23.4 Å². The molecule has 2 aromatic rings. The lowest BCUT2D eigenvalue weighted by molar-refractivity contribution is -0.122. The van der Waals surface area contributed by atoms with Crippen molar-refractivity contribution in [2.24, 2.45) is 5.92 Å². The molecule has 1 aromatic heterocycles. The molecule has 2 fully saturated rings. The maximum atomic E-state index is 14.7. The van der Waals surface area contributed by atoms with Crippen molar-refractivity contribution in [2.45, 2.75) is 50.4 Å². The quantitative estimate of drug-likeness (QED) is 0.216. The summed E-state index contributed by atoms with van der Waals surface area (Å²) in [7, 11) is 0. The number of carbonyl (C=O) groups excluding carboxylic acids is 2. The van der Waals surface area contributed by atoms with E-state index in [0.717, 1.165) is 25.1 Å². The highest BCUT2D eigenvalue weighted by molar-refractivity contribution is 6.06. The van der Waals surface area contributed by atoms with Crippen LogP contribution in [-0.2, 0) is 16.9 Å². The van der Waals surface area contributed by atoms with Crippen LogP contribution in [0.2, 0.25) is 0 Å². The molecular weight excluding hydrogens is 530 g/mol. The molecule has 2 heterocycles. The maximum absolute atomic E-state index is 14.7. The topological polar surface area (TPSA) is 127 Å². The number of benzene rings is 1. The summed E-state index contributed by atoms with van der Waals surface area (Å²) in [5.41, 5.74) is -0.0500. The van der Waals surface area contributed by atoms with Gasteiger partial charge in [-0.05, 0) is 55.7 Å². The highest BCUT2D eigenvalue weighted by atomic mass is 19.4. The number of amides is 1. The van der Waals surface area contributed by atoms with Crippen LogP contribution >= 0.6 is 0 Å². The van der Waals surface area contributed by atoms with E-state index in [4.69, 9.17) is 5.41 Å². The number of aldehydes is 1. The molecule has 1 amide bonds. The van der Waals surface area contributed by atoms with E-state index in [-0.39, 0.29) is 40.9 Å². The van der Waals surface area contributed by atoms with Gasteiger partial charge in [0.15, 0.2) is 12.1 Å². The summed E-state index contributed by atoms with van der Waals surface area (Å²) in [4.78, 5) is 25.9. The fourth-order valence-corrected chi connectivity index (χ4v) is 4.68. The number of hydrogen-bond donors (Lipinski definition) is 3. The second-order valence-corrected chi connectivity index (χ2v) is 10.2. The van der Waals surface area contributed by atoms with Crippen molar-refractivity contribution in [3.05, 3.63) is 59.2 Å². The van der Waals surface area contributed by atoms with Crippen LogP contribution in [0.5, 0.6) is 0 Å². The zero-order valence-electron chi connectivity index (χ0n) is 21.6. The van der Waals surface area contributed by atoms with Crippen molar-refractivity contribution in [1.29, 1.82) is 10.7 Å². The molecule has 0 bridgehead atoms. The average Bonchev–Trinajstić information content (AvgIpc) is 3.68. The molecule has 0 atom stereocenters. The smallest absolute Gasteiger partial charge is 0.382 e. The molecule has 1 aliphatic heterocycles. The minimum atomic E-state index is -4.39. The molecule has 9 nitrogen and oxygen atoms in total. The second kappa shape index (κ2) is 12.0. The van der Waals surface area contributed by atoms with Crippen LogP contribution in [0.15, 0.2) is 36.7 Å². The van der Waals surface area contributed by atoms with Gasteiger partial charge in [0, 0.05) is 37.3 Å². The Morgan fingerprint density at radius 1 is 1.27 bits per heavy atom. The van der Waals surface area contributed by atoms with E-state index in [0.29, 0.717) is 44.3 Å². The summed E-state index contributed by atoms with van der Waals surface area (Å²) in [6, 6.07) is 6.61. The highest BCUT2D eigenvalue weighted by Crippen LogP contribution is 2.35. The normalized spacial score (nSPS) is 17.4. The van der Waals surface area contributed by atoms with Crippen molar-refractivity contribution in [3.63, 3.8) is 0 Å². The molecule has 4 rings (SSSR count). The van der Waals surface area contributed by atoms with Crippen molar-refractivity contribution in [1.82, 2.24) is 20.0 Å². The van der Waals surface area contributed by atoms with E-state index in [1.54, 1.807) is 16.9 Å². The summed E-state index contributed by atoms with van der Waals surface area (Å²) >= 11 is 0. The highest BCUT2D eigenvalue weighted by Gasteiger charge is 2.38. The Bertz CT molecular complexity index is 1330. The number of piperidine rings is 1. The number of nitriles is 1. The zero-order chi connectivity index (χ0) is 28.9. The molecule has 0 unspecified atom stereocenters. The number of carbonyl (C=O) groups is 2. The summed E-state index contributed by atoms with van der Waals surface area (Å²) in [5, 5.41) is 26.7. The first-order valence-corrected chi connectivity index (χ1v) is 12.8. The van der Waals surface area contributed by atoms with E-state index in [1.807, 2.05) is 5.32 Å². The van der Waals surface area contributed by atoms with Gasteiger partial charge in [-0.3, -0.25) is 19.2 Å². The first kappa shape index (κ1) is 28.9. The first-order valence-electron chi connectivity index (χ1n) is 12.8. The number of likely N-dealkylation sites (tertiary alicyclic amines) is 1. The standard InChI is InChI=1S/C27H29F4N7O2/c28-22-13-18(1-4-21(22)23(33)5-10-34-17-27(29,30)31)14-37-11-7-26(6-9-32,8-12-37)38-15-20(16-39)24(36-38)35-25(40)19-2-3-19/h1,4-5,10,13,15-16,19,33-34H,2-3,6-8,11-12,14,17H2,(H,35,36,40)/b10-5-,33-23?. The van der Waals surface area contributed by atoms with Gasteiger partial charge < -0.3 is 16.0 Å². The summed E-state index contributed by atoms with van der Waals surface area (Å²) < 4.78 is 53.0. The Balaban J connectivity index is 1.38. The molecule has 212 valence electrons. The van der Waals surface area contributed by atoms with Crippen LogP contribution in [0.1, 0.15) is 53.6 Å². The Morgan fingerprint density at radius 3 is 2.60 bits per heavy atom. The third-order valence-corrected chi connectivity index (χ3v) is 7.14. The number of hydrogen-bond acceptors (Lipinski definition) is 7. The van der Waals surface area contributed by atoms with Crippen molar-refractivity contribution < 1.29 is 27.2 Å². The molecule has 40 heavy (non-hydrogen) atoms. The van der Waals surface area contributed by atoms with Gasteiger partial charge in [0.1, 0.15) is 12.4 Å². The molecule has 0 radical (unpaired) electrons. The summed E-state index contributed by atoms with van der Waals surface area (Å²) in [5.74, 6) is -0.682. The van der Waals surface area contributed by atoms with Crippen molar-refractivity contribution in [3.8, 4) is 6.07 Å². The van der Waals surface area contributed by atoms with Crippen LogP contribution in [0.3, 0.4) is 0 Å². The van der Waals surface area contributed by atoms with Crippen molar-refractivity contribution in [2.75, 3.05) is 25.0 Å². The number of anilines is 1. The first-order chi connectivity index (χ1) is 19.0. The molecule has 0 spiro atoms. The van der Waals surface area contributed by atoms with Gasteiger partial charge in [-0.15, -0.1) is 0 Å². The molecule has 3 N–H and O–H groups in total. The Hall–Kier alpha value is -4.05. The SMILES string of the molecule is N#CCC1(n2cc(C=O)c(NC(=O)C3CC3)n2)CCN(Cc2ccc(C(=N)/C=C\NCC(F)(F)F)c(F)c2)CC1. The van der Waals surface area contributed by atoms with E-state index < -0.39 is 24.1 Å². The van der Waals surface area contributed by atoms with Crippen LogP contribution in [-0.4, -0.2) is 58.4 Å². The number of aromatic nitrogens is 2. The second-order valence-electron chi connectivity index (χ2n) is 10.2. The molecule has 1 saturated heterocycles. The van der Waals surface area contributed by atoms with Gasteiger partial charge in [-0.1, -0.05) is 6.07 Å². The molecule has 2 aliphatic rings. The van der Waals surface area contributed by atoms with Crippen LogP contribution in [0, 0.1) is 28.5 Å². The molecule has 1 aliphatic carbocycles. The number of nitrogens with one attached hydrogen (secondary N) is 3. The zero-order valence-corrected chi connectivity index (χ0v) is 21.6. The van der Waals surface area contributed by atoms with Crippen LogP contribution < -0.4 is 10.6 Å². The lowest BCUT2D eigenvalue weighted by atomic mass is 9.84. The monoisotopic (exact) mass is 559 g/mol. The predicted molar refractivity (Wildman–Crippen MR) is 138 cm³/mol. The van der Waals surface area contributed by atoms with Gasteiger partial charge in [0.25, 0.3) is 0 Å². The minimum absolute atomic E-state index is 0.0327.